The van der Waals surface area contributed by atoms with E-state index in [0.717, 1.165) is 62.5 Å². The Labute approximate surface area is 152 Å². The predicted octanol–water partition coefficient (Wildman–Crippen LogP) is 2.10. The minimum atomic E-state index is -0.165. The second-order valence-electron chi connectivity index (χ2n) is 7.26. The maximum Gasteiger partial charge on any atom is 0.319 e. The summed E-state index contributed by atoms with van der Waals surface area (Å²) in [7, 11) is 0. The molecule has 138 valence electrons. The number of aromatic nitrogens is 3. The van der Waals surface area contributed by atoms with Gasteiger partial charge < -0.3 is 14.4 Å². The lowest BCUT2D eigenvalue weighted by atomic mass is 10.00. The summed E-state index contributed by atoms with van der Waals surface area (Å²) in [6, 6.07) is 0. The molecule has 3 saturated heterocycles. The lowest BCUT2D eigenvalue weighted by Crippen LogP contribution is -2.35. The van der Waals surface area contributed by atoms with Crippen LogP contribution in [0.5, 0.6) is 0 Å². The van der Waals surface area contributed by atoms with Gasteiger partial charge in [-0.15, -0.1) is 10.2 Å². The van der Waals surface area contributed by atoms with E-state index in [9.17, 15) is 4.79 Å². The van der Waals surface area contributed by atoms with Gasteiger partial charge in [-0.1, -0.05) is 18.7 Å². The van der Waals surface area contributed by atoms with Crippen LogP contribution in [0.25, 0.3) is 0 Å². The molecule has 7 nitrogen and oxygen atoms in total. The van der Waals surface area contributed by atoms with Crippen molar-refractivity contribution in [1.29, 1.82) is 0 Å². The van der Waals surface area contributed by atoms with E-state index in [1.165, 1.54) is 24.6 Å². The highest BCUT2D eigenvalue weighted by Crippen LogP contribution is 2.32. The zero-order valence-corrected chi connectivity index (χ0v) is 15.5. The highest BCUT2D eigenvalue weighted by Gasteiger charge is 2.32. The van der Waals surface area contributed by atoms with E-state index in [1.54, 1.807) is 0 Å². The molecule has 2 atom stereocenters. The van der Waals surface area contributed by atoms with Gasteiger partial charge in [0.15, 0.2) is 5.16 Å². The molecular formula is C17H26N4O3S. The van der Waals surface area contributed by atoms with Gasteiger partial charge in [0.05, 0.1) is 19.3 Å². The number of ether oxygens (including phenoxy) is 2. The number of rotatable bonds is 5. The fourth-order valence-corrected chi connectivity index (χ4v) is 4.68. The lowest BCUT2D eigenvalue weighted by Gasteiger charge is -2.31. The maximum absolute atomic E-state index is 11.8. The van der Waals surface area contributed by atoms with Crippen molar-refractivity contribution in [1.82, 2.24) is 14.8 Å². The van der Waals surface area contributed by atoms with Crippen molar-refractivity contribution in [2.24, 2.45) is 5.92 Å². The first-order valence-corrected chi connectivity index (χ1v) is 10.2. The SMILES string of the molecule is CC1CCN(c2nnc(S[C@H]3CCOC3=O)n2C[C@@H]2CCCO2)CC1. The van der Waals surface area contributed by atoms with Gasteiger partial charge in [0.1, 0.15) is 5.25 Å². The molecule has 0 saturated carbocycles. The first kappa shape index (κ1) is 17.1. The summed E-state index contributed by atoms with van der Waals surface area (Å²) in [5, 5.41) is 9.55. The number of esters is 1. The fraction of sp³-hybridized carbons (Fsp3) is 0.824. The van der Waals surface area contributed by atoms with Crippen LogP contribution in [-0.2, 0) is 20.8 Å². The average Bonchev–Trinajstić information content (AvgIpc) is 3.34. The molecule has 3 aliphatic heterocycles. The molecule has 0 unspecified atom stereocenters. The number of cyclic esters (lactones) is 1. The van der Waals surface area contributed by atoms with Gasteiger partial charge in [0.2, 0.25) is 5.95 Å². The minimum Gasteiger partial charge on any atom is -0.465 e. The number of anilines is 1. The number of hydrogen-bond acceptors (Lipinski definition) is 7. The normalized spacial score (nSPS) is 27.9. The van der Waals surface area contributed by atoms with E-state index in [2.05, 4.69) is 26.6 Å². The number of carbonyl (C=O) groups excluding carboxylic acids is 1. The first-order chi connectivity index (χ1) is 12.2. The van der Waals surface area contributed by atoms with Crippen LogP contribution in [0.1, 0.15) is 39.0 Å². The summed E-state index contributed by atoms with van der Waals surface area (Å²) < 4.78 is 13.1. The zero-order chi connectivity index (χ0) is 17.2. The van der Waals surface area contributed by atoms with E-state index < -0.39 is 0 Å². The maximum atomic E-state index is 11.8. The standard InChI is InChI=1S/C17H26N4O3S/c1-12-4-7-20(8-5-12)16-18-19-17(25-14-6-10-24-15(14)22)21(16)11-13-3-2-9-23-13/h12-14H,2-11H2,1H3/t13-,14-/m0/s1. The molecular weight excluding hydrogens is 340 g/mol. The molecule has 0 aliphatic carbocycles. The molecule has 0 amide bonds. The summed E-state index contributed by atoms with van der Waals surface area (Å²) in [5.74, 6) is 1.56. The number of carbonyl (C=O) groups is 1. The van der Waals surface area contributed by atoms with Crippen molar-refractivity contribution < 1.29 is 14.3 Å². The monoisotopic (exact) mass is 366 g/mol. The molecule has 4 heterocycles. The quantitative estimate of drug-likeness (QED) is 0.739. The summed E-state index contributed by atoms with van der Waals surface area (Å²) in [4.78, 5) is 14.2. The third-order valence-electron chi connectivity index (χ3n) is 5.31. The van der Waals surface area contributed by atoms with Gasteiger partial charge in [0, 0.05) is 26.1 Å². The van der Waals surface area contributed by atoms with Crippen LogP contribution in [-0.4, -0.2) is 58.4 Å². The van der Waals surface area contributed by atoms with Gasteiger partial charge in [-0.2, -0.15) is 0 Å². The third-order valence-corrected chi connectivity index (χ3v) is 6.53. The molecule has 0 radical (unpaired) electrons. The van der Waals surface area contributed by atoms with Crippen LogP contribution in [0.15, 0.2) is 5.16 Å². The number of piperidine rings is 1. The molecule has 8 heteroatoms. The molecule has 3 aliphatic rings. The van der Waals surface area contributed by atoms with Crippen molar-refractivity contribution in [2.45, 2.75) is 62.1 Å². The first-order valence-electron chi connectivity index (χ1n) is 9.34. The molecule has 3 fully saturated rings. The third kappa shape index (κ3) is 3.79. The summed E-state index contributed by atoms with van der Waals surface area (Å²) in [5.41, 5.74) is 0. The largest absolute Gasteiger partial charge is 0.465 e. The van der Waals surface area contributed by atoms with Crippen LogP contribution < -0.4 is 4.90 Å². The Morgan fingerprint density at radius 2 is 2.00 bits per heavy atom. The highest BCUT2D eigenvalue weighted by molar-refractivity contribution is 8.00. The van der Waals surface area contributed by atoms with Crippen molar-refractivity contribution >= 4 is 23.7 Å². The van der Waals surface area contributed by atoms with Crippen molar-refractivity contribution in [3.63, 3.8) is 0 Å². The Morgan fingerprint density at radius 1 is 1.16 bits per heavy atom. The lowest BCUT2D eigenvalue weighted by molar-refractivity contribution is -0.137. The molecule has 0 N–H and O–H groups in total. The topological polar surface area (TPSA) is 69.5 Å². The fourth-order valence-electron chi connectivity index (χ4n) is 3.67. The van der Waals surface area contributed by atoms with Crippen molar-refractivity contribution in [3.05, 3.63) is 0 Å². The van der Waals surface area contributed by atoms with E-state index in [4.69, 9.17) is 9.47 Å². The molecule has 0 aromatic carbocycles. The van der Waals surface area contributed by atoms with Gasteiger partial charge in [0.25, 0.3) is 0 Å². The number of hydrogen-bond donors (Lipinski definition) is 0. The molecule has 1 aromatic rings. The van der Waals surface area contributed by atoms with Gasteiger partial charge >= 0.3 is 5.97 Å². The van der Waals surface area contributed by atoms with Crippen LogP contribution in [0.3, 0.4) is 0 Å². The zero-order valence-electron chi connectivity index (χ0n) is 14.7. The molecule has 0 spiro atoms. The second-order valence-corrected chi connectivity index (χ2v) is 8.43. The molecule has 1 aromatic heterocycles. The number of thioether (sulfide) groups is 1. The Balaban J connectivity index is 1.55. The summed E-state index contributed by atoms with van der Waals surface area (Å²) in [6.45, 7) is 6.44. The Morgan fingerprint density at radius 3 is 2.68 bits per heavy atom. The van der Waals surface area contributed by atoms with Crippen LogP contribution >= 0.6 is 11.8 Å². The van der Waals surface area contributed by atoms with E-state index in [0.29, 0.717) is 6.61 Å². The van der Waals surface area contributed by atoms with Crippen molar-refractivity contribution in [2.75, 3.05) is 31.2 Å². The molecule has 0 bridgehead atoms. The molecule has 4 rings (SSSR count). The van der Waals surface area contributed by atoms with Gasteiger partial charge in [-0.05, 0) is 31.6 Å². The average molecular weight is 366 g/mol. The van der Waals surface area contributed by atoms with Gasteiger partial charge in [-0.3, -0.25) is 9.36 Å². The summed E-state index contributed by atoms with van der Waals surface area (Å²) in [6.07, 6.45) is 5.51. The Hall–Kier alpha value is -1.28. The van der Waals surface area contributed by atoms with E-state index in [1.807, 2.05) is 0 Å². The van der Waals surface area contributed by atoms with Crippen LogP contribution in [0.4, 0.5) is 5.95 Å². The Kier molecular flexibility index (Phi) is 5.17. The smallest absolute Gasteiger partial charge is 0.319 e. The van der Waals surface area contributed by atoms with E-state index >= 15 is 0 Å². The predicted molar refractivity (Wildman–Crippen MR) is 94.8 cm³/mol. The van der Waals surface area contributed by atoms with Crippen LogP contribution in [0.2, 0.25) is 0 Å². The van der Waals surface area contributed by atoms with Crippen molar-refractivity contribution in [3.8, 4) is 0 Å². The summed E-state index contributed by atoms with van der Waals surface area (Å²) >= 11 is 1.49. The molecule has 25 heavy (non-hydrogen) atoms. The van der Waals surface area contributed by atoms with E-state index in [-0.39, 0.29) is 17.3 Å². The Bertz CT molecular complexity index is 609. The van der Waals surface area contributed by atoms with Crippen LogP contribution in [0, 0.1) is 5.92 Å². The van der Waals surface area contributed by atoms with Gasteiger partial charge in [-0.25, -0.2) is 0 Å². The second kappa shape index (κ2) is 7.53. The number of nitrogens with zero attached hydrogens (tertiary/aromatic N) is 4. The minimum absolute atomic E-state index is 0.134. The highest BCUT2D eigenvalue weighted by atomic mass is 32.2.